The number of aliphatic hydroxyl groups is 1. The van der Waals surface area contributed by atoms with E-state index in [2.05, 4.69) is 5.32 Å². The first-order chi connectivity index (χ1) is 15.0. The van der Waals surface area contributed by atoms with Crippen LogP contribution in [0.4, 0.5) is 14.9 Å². The van der Waals surface area contributed by atoms with Gasteiger partial charge in [0.1, 0.15) is 11.9 Å². The van der Waals surface area contributed by atoms with Gasteiger partial charge in [-0.25, -0.2) is 9.18 Å². The predicted octanol–water partition coefficient (Wildman–Crippen LogP) is 0.0512. The number of benzene rings is 1. The maximum absolute atomic E-state index is 14.8. The molecule has 13 heteroatoms. The van der Waals surface area contributed by atoms with Crippen LogP contribution < -0.4 is 10.2 Å². The van der Waals surface area contributed by atoms with E-state index in [1.165, 1.54) is 24.1 Å². The molecule has 3 amide bonds. The molecule has 0 saturated carbocycles. The van der Waals surface area contributed by atoms with E-state index in [9.17, 15) is 28.4 Å². The molecule has 2 heterocycles. The predicted molar refractivity (Wildman–Crippen MR) is 110 cm³/mol. The second-order valence-electron chi connectivity index (χ2n) is 7.39. The molecule has 3 rings (SSSR count). The molecule has 2 atom stereocenters. The number of nitrogens with zero attached hydrogens (tertiary/aromatic N) is 2. The van der Waals surface area contributed by atoms with Crippen LogP contribution in [0.25, 0.3) is 5.57 Å². The Hall–Kier alpha value is -2.79. The van der Waals surface area contributed by atoms with Crippen LogP contribution in [0, 0.1) is 5.82 Å². The Balaban J connectivity index is 1.68. The van der Waals surface area contributed by atoms with Crippen molar-refractivity contribution in [2.75, 3.05) is 37.7 Å². The smallest absolute Gasteiger partial charge is 0.415 e. The molecular weight excluding hydrogens is 448 g/mol. The second kappa shape index (κ2) is 9.37. The van der Waals surface area contributed by atoms with Gasteiger partial charge in [0, 0.05) is 25.7 Å². The van der Waals surface area contributed by atoms with Gasteiger partial charge in [-0.3, -0.25) is 19.1 Å². The van der Waals surface area contributed by atoms with Gasteiger partial charge in [-0.2, -0.15) is 0 Å². The molecule has 4 N–H and O–H groups in total. The van der Waals surface area contributed by atoms with Crippen LogP contribution in [-0.4, -0.2) is 82.8 Å². The molecule has 11 nitrogen and oxygen atoms in total. The van der Waals surface area contributed by atoms with Crippen molar-refractivity contribution >= 4 is 36.8 Å². The van der Waals surface area contributed by atoms with Crippen LogP contribution in [0.5, 0.6) is 0 Å². The molecule has 174 valence electrons. The van der Waals surface area contributed by atoms with Gasteiger partial charge in [-0.1, -0.05) is 6.08 Å². The monoisotopic (exact) mass is 471 g/mol. The van der Waals surface area contributed by atoms with E-state index in [0.717, 1.165) is 11.0 Å². The fourth-order valence-corrected chi connectivity index (χ4v) is 4.14. The van der Waals surface area contributed by atoms with Crippen molar-refractivity contribution in [3.63, 3.8) is 0 Å². The van der Waals surface area contributed by atoms with E-state index in [1.807, 2.05) is 0 Å². The molecule has 32 heavy (non-hydrogen) atoms. The van der Waals surface area contributed by atoms with E-state index >= 15 is 0 Å². The van der Waals surface area contributed by atoms with Crippen molar-refractivity contribution < 1.29 is 43.0 Å². The number of halogens is 1. The van der Waals surface area contributed by atoms with Crippen molar-refractivity contribution in [2.45, 2.75) is 18.6 Å². The Morgan fingerprint density at radius 1 is 1.38 bits per heavy atom. The molecule has 1 aromatic rings. The number of hydrogen-bond acceptors (Lipinski definition) is 6. The first-order valence-electron chi connectivity index (χ1n) is 9.70. The first kappa shape index (κ1) is 23.9. The van der Waals surface area contributed by atoms with Gasteiger partial charge in [0.2, 0.25) is 0 Å². The van der Waals surface area contributed by atoms with Crippen LogP contribution in [0.2, 0.25) is 0 Å². The van der Waals surface area contributed by atoms with E-state index in [1.54, 1.807) is 6.08 Å². The average Bonchev–Trinajstić information content (AvgIpc) is 3.13. The molecule has 1 aromatic carbocycles. The van der Waals surface area contributed by atoms with E-state index < -0.39 is 49.7 Å². The fourth-order valence-electron chi connectivity index (χ4n) is 3.53. The van der Waals surface area contributed by atoms with Crippen molar-refractivity contribution in [2.24, 2.45) is 0 Å². The van der Waals surface area contributed by atoms with E-state index in [-0.39, 0.29) is 37.3 Å². The largest absolute Gasteiger partial charge is 0.434 e. The Morgan fingerprint density at radius 3 is 2.66 bits per heavy atom. The summed E-state index contributed by atoms with van der Waals surface area (Å²) in [5.74, 6) is -1.88. The highest BCUT2D eigenvalue weighted by Crippen LogP contribution is 2.35. The standard InChI is InChI=1S/C19H23FN3O8P/c1-21-17(25)16-9-23(19(27)31-16)12-2-3-13(14(20)8-12)11-4-6-22(7-5-11)18(26)15(24)10-32(28,29)30/h2-4,8,15-16,24H,5-7,9-10H2,1H3,(H,21,25)(H2,28,29,30)/t15-,16-/m1/s1. The summed E-state index contributed by atoms with van der Waals surface area (Å²) in [6.45, 7) is 0.129. The molecule has 0 radical (unpaired) electrons. The number of nitrogens with one attached hydrogen (secondary N) is 1. The lowest BCUT2D eigenvalue weighted by atomic mass is 9.98. The van der Waals surface area contributed by atoms with Gasteiger partial charge in [-0.05, 0) is 30.2 Å². The van der Waals surface area contributed by atoms with Crippen molar-refractivity contribution in [3.05, 3.63) is 35.7 Å². The van der Waals surface area contributed by atoms with Crippen LogP contribution in [0.1, 0.15) is 12.0 Å². The van der Waals surface area contributed by atoms with Crippen LogP contribution in [-0.2, 0) is 18.9 Å². The number of anilines is 1. The summed E-state index contributed by atoms with van der Waals surface area (Å²) in [6.07, 6.45) is -2.67. The number of carbonyl (C=O) groups excluding carboxylic acids is 3. The quantitative estimate of drug-likeness (QED) is 0.424. The molecule has 1 saturated heterocycles. The molecule has 0 aromatic heterocycles. The third-order valence-corrected chi connectivity index (χ3v) is 6.00. The Bertz CT molecular complexity index is 1010. The van der Waals surface area contributed by atoms with Gasteiger partial charge in [0.05, 0.1) is 18.4 Å². The van der Waals surface area contributed by atoms with Gasteiger partial charge >= 0.3 is 13.7 Å². The van der Waals surface area contributed by atoms with Gasteiger partial charge in [-0.15, -0.1) is 0 Å². The number of carbonyl (C=O) groups is 3. The Kier molecular flexibility index (Phi) is 6.99. The molecule has 1 fully saturated rings. The summed E-state index contributed by atoms with van der Waals surface area (Å²) in [5.41, 5.74) is 1.11. The van der Waals surface area contributed by atoms with Crippen molar-refractivity contribution in [1.82, 2.24) is 10.2 Å². The van der Waals surface area contributed by atoms with Crippen molar-refractivity contribution in [1.29, 1.82) is 0 Å². The minimum absolute atomic E-state index is 0.0415. The third kappa shape index (κ3) is 5.33. The van der Waals surface area contributed by atoms with Crippen LogP contribution in [0.3, 0.4) is 0 Å². The highest BCUT2D eigenvalue weighted by Gasteiger charge is 2.37. The Labute approximate surface area is 182 Å². The Morgan fingerprint density at radius 2 is 2.09 bits per heavy atom. The van der Waals surface area contributed by atoms with E-state index in [4.69, 9.17) is 14.5 Å². The highest BCUT2D eigenvalue weighted by molar-refractivity contribution is 7.51. The topological polar surface area (TPSA) is 157 Å². The summed E-state index contributed by atoms with van der Waals surface area (Å²) in [5, 5.41) is 12.1. The maximum atomic E-state index is 14.8. The zero-order valence-corrected chi connectivity index (χ0v) is 18.0. The molecule has 0 spiro atoms. The van der Waals surface area contributed by atoms with Crippen LogP contribution >= 0.6 is 7.60 Å². The fraction of sp³-hybridized carbons (Fsp3) is 0.421. The molecule has 0 bridgehead atoms. The van der Waals surface area contributed by atoms with Gasteiger partial charge in [0.15, 0.2) is 6.10 Å². The molecule has 2 aliphatic rings. The first-order valence-corrected chi connectivity index (χ1v) is 11.5. The average molecular weight is 471 g/mol. The SMILES string of the molecule is CNC(=O)[C@H]1CN(c2ccc(C3=CCN(C(=O)[C@H](O)CP(=O)(O)O)CC3)c(F)c2)C(=O)O1. The zero-order valence-electron chi connectivity index (χ0n) is 17.1. The number of amides is 3. The second-order valence-corrected chi connectivity index (χ2v) is 9.08. The zero-order chi connectivity index (χ0) is 23.6. The summed E-state index contributed by atoms with van der Waals surface area (Å²) in [4.78, 5) is 56.0. The molecule has 2 aliphatic heterocycles. The summed E-state index contributed by atoms with van der Waals surface area (Å²) in [7, 11) is -3.13. The summed E-state index contributed by atoms with van der Waals surface area (Å²) >= 11 is 0. The normalized spacial score (nSPS) is 20.0. The minimum Gasteiger partial charge on any atom is -0.434 e. The number of aliphatic hydroxyl groups excluding tert-OH is 1. The number of ether oxygens (including phenoxy) is 1. The molecular formula is C19H23FN3O8P. The van der Waals surface area contributed by atoms with Crippen molar-refractivity contribution in [3.8, 4) is 0 Å². The third-order valence-electron chi connectivity index (χ3n) is 5.18. The maximum Gasteiger partial charge on any atom is 0.415 e. The lowest BCUT2D eigenvalue weighted by Gasteiger charge is -2.28. The number of rotatable bonds is 6. The summed E-state index contributed by atoms with van der Waals surface area (Å²) < 4.78 is 30.8. The van der Waals surface area contributed by atoms with Crippen LogP contribution in [0.15, 0.2) is 24.3 Å². The van der Waals surface area contributed by atoms with Gasteiger partial charge in [0.25, 0.3) is 11.8 Å². The lowest BCUT2D eigenvalue weighted by molar-refractivity contribution is -0.138. The summed E-state index contributed by atoms with van der Waals surface area (Å²) in [6, 6.07) is 4.16. The number of hydrogen-bond donors (Lipinski definition) is 4. The minimum atomic E-state index is -4.54. The molecule has 0 unspecified atom stereocenters. The lowest BCUT2D eigenvalue weighted by Crippen LogP contribution is -2.42. The molecule has 0 aliphatic carbocycles. The van der Waals surface area contributed by atoms with E-state index in [0.29, 0.717) is 5.57 Å². The number of likely N-dealkylation sites (N-methyl/N-ethyl adjacent to an activating group) is 1. The number of cyclic esters (lactones) is 1. The van der Waals surface area contributed by atoms with Gasteiger partial charge < -0.3 is 29.8 Å². The highest BCUT2D eigenvalue weighted by atomic mass is 31.2.